The fourth-order valence-electron chi connectivity index (χ4n) is 2.69. The van der Waals surface area contributed by atoms with Crippen LogP contribution in [0.3, 0.4) is 0 Å². The van der Waals surface area contributed by atoms with Gasteiger partial charge in [-0.15, -0.1) is 0 Å². The number of carbonyl (C=O) groups excluding carboxylic acids is 3. The number of rotatable bonds is 4. The van der Waals surface area contributed by atoms with Gasteiger partial charge in [-0.1, -0.05) is 16.8 Å². The Hall–Kier alpha value is -2.87. The van der Waals surface area contributed by atoms with Crippen LogP contribution >= 0.6 is 11.6 Å². The van der Waals surface area contributed by atoms with E-state index >= 15 is 0 Å². The first-order valence-electron chi connectivity index (χ1n) is 7.81. The van der Waals surface area contributed by atoms with E-state index in [9.17, 15) is 14.4 Å². The van der Waals surface area contributed by atoms with E-state index in [0.29, 0.717) is 11.6 Å². The van der Waals surface area contributed by atoms with Crippen molar-refractivity contribution in [1.29, 1.82) is 0 Å². The molecule has 1 aliphatic rings. The lowest BCUT2D eigenvalue weighted by Crippen LogP contribution is -2.28. The number of aryl methyl sites for hydroxylation is 1. The van der Waals surface area contributed by atoms with Crippen LogP contribution in [-0.2, 0) is 14.3 Å². The summed E-state index contributed by atoms with van der Waals surface area (Å²) in [5.74, 6) is -0.739. The Kier molecular flexibility index (Phi) is 4.94. The predicted octanol–water partition coefficient (Wildman–Crippen LogP) is 2.41. The third-order valence-electron chi connectivity index (χ3n) is 4.03. The van der Waals surface area contributed by atoms with Crippen LogP contribution in [0.4, 0.5) is 11.5 Å². The summed E-state index contributed by atoms with van der Waals surface area (Å²) >= 11 is 6.08. The van der Waals surface area contributed by atoms with Crippen molar-refractivity contribution in [2.45, 2.75) is 13.3 Å². The van der Waals surface area contributed by atoms with Crippen molar-refractivity contribution in [3.63, 3.8) is 0 Å². The molecule has 1 aromatic carbocycles. The van der Waals surface area contributed by atoms with Gasteiger partial charge in [-0.05, 0) is 25.1 Å². The quantitative estimate of drug-likeness (QED) is 0.821. The molecule has 1 unspecified atom stereocenters. The maximum atomic E-state index is 12.5. The molecule has 26 heavy (non-hydrogen) atoms. The second kappa shape index (κ2) is 7.17. The average Bonchev–Trinajstić information content (AvgIpc) is 3.21. The van der Waals surface area contributed by atoms with E-state index in [2.05, 4.69) is 15.2 Å². The van der Waals surface area contributed by atoms with E-state index in [-0.39, 0.29) is 41.1 Å². The van der Waals surface area contributed by atoms with Gasteiger partial charge in [-0.3, -0.25) is 14.5 Å². The Morgan fingerprint density at radius 3 is 2.81 bits per heavy atom. The van der Waals surface area contributed by atoms with Gasteiger partial charge in [-0.25, -0.2) is 4.79 Å². The number of methoxy groups -OCH3 is 1. The number of ether oxygens (including phenoxy) is 1. The number of hydrogen-bond donors (Lipinski definition) is 1. The predicted molar refractivity (Wildman–Crippen MR) is 93.1 cm³/mol. The van der Waals surface area contributed by atoms with Crippen LogP contribution in [0.25, 0.3) is 0 Å². The molecule has 0 radical (unpaired) electrons. The highest BCUT2D eigenvalue weighted by atomic mass is 35.5. The number of carbonyl (C=O) groups is 3. The highest BCUT2D eigenvalue weighted by molar-refractivity contribution is 6.34. The normalized spacial score (nSPS) is 16.7. The van der Waals surface area contributed by atoms with Crippen LogP contribution in [-0.4, -0.2) is 36.6 Å². The minimum Gasteiger partial charge on any atom is -0.465 e. The average molecular weight is 378 g/mol. The Morgan fingerprint density at radius 2 is 2.15 bits per heavy atom. The van der Waals surface area contributed by atoms with Gasteiger partial charge in [0.05, 0.1) is 29.3 Å². The molecule has 1 saturated heterocycles. The number of hydrogen-bond acceptors (Lipinski definition) is 6. The first-order chi connectivity index (χ1) is 12.4. The fraction of sp³-hybridized carbons (Fsp3) is 0.294. The Labute approximate surface area is 154 Å². The summed E-state index contributed by atoms with van der Waals surface area (Å²) in [5.41, 5.74) is 0.539. The highest BCUT2D eigenvalue weighted by Gasteiger charge is 2.36. The van der Waals surface area contributed by atoms with Gasteiger partial charge in [0.15, 0.2) is 5.82 Å². The smallest absolute Gasteiger partial charge is 0.337 e. The lowest BCUT2D eigenvalue weighted by molar-refractivity contribution is -0.122. The molecule has 1 N–H and O–H groups in total. The van der Waals surface area contributed by atoms with Crippen molar-refractivity contribution in [2.24, 2.45) is 5.92 Å². The van der Waals surface area contributed by atoms with Gasteiger partial charge in [0, 0.05) is 19.0 Å². The molecule has 1 fully saturated rings. The standard InChI is InChI=1S/C17H16ClN3O5/c1-9-5-14(20-26-9)21-8-11(7-15(21)22)16(23)19-13-6-10(17(24)25-2)3-4-12(13)18/h3-6,11H,7-8H2,1-2H3,(H,19,23). The van der Waals surface area contributed by atoms with Crippen molar-refractivity contribution in [1.82, 2.24) is 5.16 Å². The summed E-state index contributed by atoms with van der Waals surface area (Å²) in [6, 6.07) is 6.06. The number of esters is 1. The third-order valence-corrected chi connectivity index (χ3v) is 4.36. The molecular weight excluding hydrogens is 362 g/mol. The molecule has 3 rings (SSSR count). The molecule has 0 saturated carbocycles. The van der Waals surface area contributed by atoms with Crippen LogP contribution in [0.15, 0.2) is 28.8 Å². The summed E-state index contributed by atoms with van der Waals surface area (Å²) < 4.78 is 9.63. The molecule has 9 heteroatoms. The van der Waals surface area contributed by atoms with E-state index in [4.69, 9.17) is 16.1 Å². The molecule has 136 valence electrons. The van der Waals surface area contributed by atoms with E-state index in [1.807, 2.05) is 0 Å². The zero-order valence-corrected chi connectivity index (χ0v) is 14.9. The summed E-state index contributed by atoms with van der Waals surface area (Å²) in [6.45, 7) is 1.91. The molecule has 2 heterocycles. The van der Waals surface area contributed by atoms with Gasteiger partial charge in [0.25, 0.3) is 0 Å². The van der Waals surface area contributed by atoms with Gasteiger partial charge in [0.1, 0.15) is 5.76 Å². The van der Waals surface area contributed by atoms with Crippen LogP contribution in [0.2, 0.25) is 5.02 Å². The first kappa shape index (κ1) is 17.9. The number of nitrogens with one attached hydrogen (secondary N) is 1. The van der Waals surface area contributed by atoms with Crippen LogP contribution in [0, 0.1) is 12.8 Å². The second-order valence-corrected chi connectivity index (χ2v) is 6.28. The molecule has 8 nitrogen and oxygen atoms in total. The number of benzene rings is 1. The maximum absolute atomic E-state index is 12.5. The third kappa shape index (κ3) is 3.55. The lowest BCUT2D eigenvalue weighted by Gasteiger charge is -2.14. The van der Waals surface area contributed by atoms with Crippen molar-refractivity contribution < 1.29 is 23.6 Å². The molecule has 1 atom stereocenters. The van der Waals surface area contributed by atoms with Crippen LogP contribution in [0.5, 0.6) is 0 Å². The number of anilines is 2. The zero-order chi connectivity index (χ0) is 18.8. The molecule has 0 bridgehead atoms. The van der Waals surface area contributed by atoms with E-state index < -0.39 is 11.9 Å². The first-order valence-corrected chi connectivity index (χ1v) is 8.19. The number of aromatic nitrogens is 1. The minimum atomic E-state index is -0.572. The largest absolute Gasteiger partial charge is 0.465 e. The van der Waals surface area contributed by atoms with Crippen LogP contribution in [0.1, 0.15) is 22.5 Å². The SMILES string of the molecule is COC(=O)c1ccc(Cl)c(NC(=O)C2CC(=O)N(c3cc(C)on3)C2)c1. The van der Waals surface area contributed by atoms with Gasteiger partial charge < -0.3 is 14.6 Å². The molecular formula is C17H16ClN3O5. The van der Waals surface area contributed by atoms with Gasteiger partial charge in [0.2, 0.25) is 11.8 Å². The maximum Gasteiger partial charge on any atom is 0.337 e. The van der Waals surface area contributed by atoms with Crippen molar-refractivity contribution in [2.75, 3.05) is 23.9 Å². The molecule has 1 aromatic heterocycles. The summed E-state index contributed by atoms with van der Waals surface area (Å²) in [7, 11) is 1.26. The Bertz CT molecular complexity index is 879. The zero-order valence-electron chi connectivity index (χ0n) is 14.1. The van der Waals surface area contributed by atoms with Gasteiger partial charge in [-0.2, -0.15) is 0 Å². The Balaban J connectivity index is 1.73. The molecule has 2 aromatic rings. The van der Waals surface area contributed by atoms with Crippen molar-refractivity contribution in [3.8, 4) is 0 Å². The summed E-state index contributed by atoms with van der Waals surface area (Å²) in [6.07, 6.45) is 0.0477. The van der Waals surface area contributed by atoms with E-state index in [1.165, 1.54) is 30.2 Å². The highest BCUT2D eigenvalue weighted by Crippen LogP contribution is 2.28. The monoisotopic (exact) mass is 377 g/mol. The van der Waals surface area contributed by atoms with Gasteiger partial charge >= 0.3 is 5.97 Å². The molecule has 2 amide bonds. The van der Waals surface area contributed by atoms with E-state index in [0.717, 1.165) is 0 Å². The topological polar surface area (TPSA) is 102 Å². The van der Waals surface area contributed by atoms with Crippen LogP contribution < -0.4 is 10.2 Å². The fourth-order valence-corrected chi connectivity index (χ4v) is 2.85. The summed E-state index contributed by atoms with van der Waals surface area (Å²) in [4.78, 5) is 37.7. The molecule has 1 aliphatic heterocycles. The van der Waals surface area contributed by atoms with Crippen molar-refractivity contribution >= 4 is 40.9 Å². The lowest BCUT2D eigenvalue weighted by atomic mass is 10.1. The van der Waals surface area contributed by atoms with Crippen molar-refractivity contribution in [3.05, 3.63) is 40.6 Å². The summed E-state index contributed by atoms with van der Waals surface area (Å²) in [5, 5.41) is 6.75. The molecule has 0 aliphatic carbocycles. The number of amides is 2. The minimum absolute atomic E-state index is 0.0477. The Morgan fingerprint density at radius 1 is 1.38 bits per heavy atom. The number of nitrogens with zero attached hydrogens (tertiary/aromatic N) is 2. The molecule has 0 spiro atoms. The van der Waals surface area contributed by atoms with E-state index in [1.54, 1.807) is 13.0 Å². The second-order valence-electron chi connectivity index (χ2n) is 5.88. The number of halogens is 1.